The predicted molar refractivity (Wildman–Crippen MR) is 85.2 cm³/mol. The van der Waals surface area contributed by atoms with Crippen molar-refractivity contribution >= 4 is 44.4 Å². The van der Waals surface area contributed by atoms with Crippen LogP contribution in [0.15, 0.2) is 28.9 Å². The van der Waals surface area contributed by atoms with Crippen LogP contribution in [0, 0.1) is 0 Å². The number of H-pyrrole nitrogens is 1. The van der Waals surface area contributed by atoms with Crippen LogP contribution < -0.4 is 15.4 Å². The van der Waals surface area contributed by atoms with Gasteiger partial charge in [0, 0.05) is 12.7 Å². The average Bonchev–Trinajstić information content (AvgIpc) is 2.96. The van der Waals surface area contributed by atoms with Crippen LogP contribution in [0.5, 0.6) is 5.75 Å². The van der Waals surface area contributed by atoms with Crippen LogP contribution >= 0.6 is 15.9 Å². The zero-order valence-electron chi connectivity index (χ0n) is 11.4. The van der Waals surface area contributed by atoms with Crippen LogP contribution in [0.25, 0.3) is 11.0 Å². The maximum absolute atomic E-state index is 5.22. The molecule has 2 aromatic heterocycles. The fourth-order valence-electron chi connectivity index (χ4n) is 1.92. The summed E-state index contributed by atoms with van der Waals surface area (Å²) in [6, 6.07) is 5.71. The first-order chi connectivity index (χ1) is 10.2. The van der Waals surface area contributed by atoms with Crippen LogP contribution in [-0.2, 0) is 0 Å². The highest BCUT2D eigenvalue weighted by molar-refractivity contribution is 9.10. The average molecular weight is 349 g/mol. The molecule has 3 rings (SSSR count). The highest BCUT2D eigenvalue weighted by atomic mass is 79.9. The number of halogens is 1. The molecule has 0 unspecified atom stereocenters. The van der Waals surface area contributed by atoms with E-state index in [1.807, 2.05) is 18.2 Å². The van der Waals surface area contributed by atoms with E-state index < -0.39 is 0 Å². The molecular weight excluding hydrogens is 336 g/mol. The molecule has 0 saturated heterocycles. The van der Waals surface area contributed by atoms with E-state index in [0.717, 1.165) is 21.3 Å². The summed E-state index contributed by atoms with van der Waals surface area (Å²) in [6.07, 6.45) is 1.69. The Hall–Kier alpha value is -2.35. The van der Waals surface area contributed by atoms with E-state index in [-0.39, 0.29) is 0 Å². The van der Waals surface area contributed by atoms with Gasteiger partial charge < -0.3 is 15.4 Å². The summed E-state index contributed by atoms with van der Waals surface area (Å²) in [5.74, 6) is 1.96. The molecule has 7 nitrogen and oxygen atoms in total. The van der Waals surface area contributed by atoms with Crippen LogP contribution in [0.2, 0.25) is 0 Å². The Morgan fingerprint density at radius 3 is 2.86 bits per heavy atom. The molecule has 3 aromatic rings. The fourth-order valence-corrected chi connectivity index (χ4v) is 2.46. The zero-order valence-corrected chi connectivity index (χ0v) is 13.0. The molecule has 1 aromatic carbocycles. The van der Waals surface area contributed by atoms with Gasteiger partial charge in [-0.05, 0) is 34.1 Å². The summed E-state index contributed by atoms with van der Waals surface area (Å²) in [5.41, 5.74) is 1.55. The Labute approximate surface area is 129 Å². The molecule has 0 saturated carbocycles. The highest BCUT2D eigenvalue weighted by Gasteiger charge is 2.10. The van der Waals surface area contributed by atoms with Gasteiger partial charge in [-0.25, -0.2) is 0 Å². The van der Waals surface area contributed by atoms with Crippen molar-refractivity contribution in [2.45, 2.75) is 0 Å². The largest absolute Gasteiger partial charge is 0.496 e. The van der Waals surface area contributed by atoms with Crippen LogP contribution in [-0.4, -0.2) is 34.3 Å². The molecule has 0 radical (unpaired) electrons. The molecule has 2 heterocycles. The van der Waals surface area contributed by atoms with E-state index >= 15 is 0 Å². The van der Waals surface area contributed by atoms with Gasteiger partial charge in [0.2, 0.25) is 5.95 Å². The Bertz CT molecular complexity index is 787. The van der Waals surface area contributed by atoms with E-state index in [4.69, 9.17) is 4.74 Å². The normalized spacial score (nSPS) is 10.6. The number of ether oxygens (including phenoxy) is 1. The lowest BCUT2D eigenvalue weighted by Crippen LogP contribution is -2.01. The number of aromatic nitrogens is 4. The Morgan fingerprint density at radius 1 is 1.29 bits per heavy atom. The highest BCUT2D eigenvalue weighted by Crippen LogP contribution is 2.30. The molecule has 0 fully saturated rings. The third-order valence-corrected chi connectivity index (χ3v) is 3.57. The van der Waals surface area contributed by atoms with Gasteiger partial charge in [-0.2, -0.15) is 15.1 Å². The predicted octanol–water partition coefficient (Wildman–Crippen LogP) is 2.91. The maximum atomic E-state index is 5.22. The third kappa shape index (κ3) is 2.62. The third-order valence-electron chi connectivity index (χ3n) is 2.95. The summed E-state index contributed by atoms with van der Waals surface area (Å²) in [6.45, 7) is 0. The lowest BCUT2D eigenvalue weighted by atomic mass is 10.3. The second-order valence-corrected chi connectivity index (χ2v) is 5.11. The quantitative estimate of drug-likeness (QED) is 0.671. The van der Waals surface area contributed by atoms with Crippen molar-refractivity contribution in [3.8, 4) is 5.75 Å². The molecule has 8 heteroatoms. The number of hydrogen-bond acceptors (Lipinski definition) is 6. The number of hydrogen-bond donors (Lipinski definition) is 3. The maximum Gasteiger partial charge on any atom is 0.226 e. The molecular formula is C13H13BrN6O. The number of nitrogens with zero attached hydrogens (tertiary/aromatic N) is 3. The van der Waals surface area contributed by atoms with Gasteiger partial charge in [0.1, 0.15) is 11.6 Å². The molecule has 21 heavy (non-hydrogen) atoms. The Kier molecular flexibility index (Phi) is 3.61. The first kappa shape index (κ1) is 13.6. The minimum absolute atomic E-state index is 0.516. The number of nitrogens with one attached hydrogen (secondary N) is 3. The molecule has 0 aliphatic carbocycles. The topological polar surface area (TPSA) is 87.8 Å². The molecule has 0 bridgehead atoms. The van der Waals surface area contributed by atoms with Crippen molar-refractivity contribution in [3.05, 3.63) is 28.9 Å². The summed E-state index contributed by atoms with van der Waals surface area (Å²) in [4.78, 5) is 8.71. The smallest absolute Gasteiger partial charge is 0.226 e. The van der Waals surface area contributed by atoms with E-state index in [1.165, 1.54) is 0 Å². The van der Waals surface area contributed by atoms with Crippen LogP contribution in [0.1, 0.15) is 0 Å². The first-order valence-electron chi connectivity index (χ1n) is 6.20. The van der Waals surface area contributed by atoms with Crippen LogP contribution in [0.3, 0.4) is 0 Å². The minimum atomic E-state index is 0.516. The van der Waals surface area contributed by atoms with Gasteiger partial charge in [0.25, 0.3) is 0 Å². The van der Waals surface area contributed by atoms with Crippen molar-refractivity contribution in [2.24, 2.45) is 0 Å². The van der Waals surface area contributed by atoms with E-state index in [9.17, 15) is 0 Å². The monoisotopic (exact) mass is 348 g/mol. The van der Waals surface area contributed by atoms with Gasteiger partial charge in [-0.3, -0.25) is 5.10 Å². The Morgan fingerprint density at radius 2 is 2.14 bits per heavy atom. The van der Waals surface area contributed by atoms with Crippen LogP contribution in [0.4, 0.5) is 17.5 Å². The number of methoxy groups -OCH3 is 1. The van der Waals surface area contributed by atoms with E-state index in [1.54, 1.807) is 20.4 Å². The van der Waals surface area contributed by atoms with Gasteiger partial charge >= 0.3 is 0 Å². The lowest BCUT2D eigenvalue weighted by Gasteiger charge is -2.10. The van der Waals surface area contributed by atoms with E-state index in [0.29, 0.717) is 17.4 Å². The minimum Gasteiger partial charge on any atom is -0.496 e. The van der Waals surface area contributed by atoms with Crippen molar-refractivity contribution in [1.29, 1.82) is 0 Å². The number of benzene rings is 1. The van der Waals surface area contributed by atoms with Gasteiger partial charge in [-0.15, -0.1) is 0 Å². The molecule has 0 spiro atoms. The molecule has 0 aliphatic rings. The molecule has 108 valence electrons. The summed E-state index contributed by atoms with van der Waals surface area (Å²) < 4.78 is 6.08. The lowest BCUT2D eigenvalue weighted by molar-refractivity contribution is 0.412. The summed E-state index contributed by atoms with van der Waals surface area (Å²) in [7, 11) is 3.40. The van der Waals surface area contributed by atoms with Gasteiger partial charge in [-0.1, -0.05) is 0 Å². The number of fused-ring (bicyclic) bond motifs is 1. The first-order valence-corrected chi connectivity index (χ1v) is 7.00. The summed E-state index contributed by atoms with van der Waals surface area (Å²) in [5, 5.41) is 13.8. The van der Waals surface area contributed by atoms with Crippen molar-refractivity contribution < 1.29 is 4.74 Å². The number of rotatable bonds is 4. The second-order valence-electron chi connectivity index (χ2n) is 4.25. The van der Waals surface area contributed by atoms with Gasteiger partial charge in [0.05, 0.1) is 23.2 Å². The number of anilines is 3. The zero-order chi connectivity index (χ0) is 14.8. The standard InChI is InChI=1S/C13H13BrN6O/c1-15-13-18-11(8-6-16-20-12(8)19-13)17-7-3-4-10(21-2)9(14)5-7/h3-6H,1-2H3,(H3,15,16,17,18,19,20). The second kappa shape index (κ2) is 5.57. The Balaban J connectivity index is 2.01. The van der Waals surface area contributed by atoms with Gasteiger partial charge in [0.15, 0.2) is 5.65 Å². The van der Waals surface area contributed by atoms with Crippen molar-refractivity contribution in [1.82, 2.24) is 20.2 Å². The van der Waals surface area contributed by atoms with E-state index in [2.05, 4.69) is 46.7 Å². The summed E-state index contributed by atoms with van der Waals surface area (Å²) >= 11 is 3.46. The van der Waals surface area contributed by atoms with Crippen molar-refractivity contribution in [2.75, 3.05) is 24.8 Å². The molecule has 0 amide bonds. The fraction of sp³-hybridized carbons (Fsp3) is 0.154. The van der Waals surface area contributed by atoms with Crippen molar-refractivity contribution in [3.63, 3.8) is 0 Å². The molecule has 0 atom stereocenters. The number of aromatic amines is 1. The molecule has 3 N–H and O–H groups in total. The SMILES string of the molecule is CNc1nc(Nc2ccc(OC)c(Br)c2)c2cn[nH]c2n1. The molecule has 0 aliphatic heterocycles.